The highest BCUT2D eigenvalue weighted by Gasteiger charge is 2.19. The average Bonchev–Trinajstić information content (AvgIpc) is 2.34. The summed E-state index contributed by atoms with van der Waals surface area (Å²) in [6.07, 6.45) is 0.210. The smallest absolute Gasteiger partial charge is 0.238 e. The zero-order valence-electron chi connectivity index (χ0n) is 11.9. The van der Waals surface area contributed by atoms with Crippen LogP contribution >= 0.6 is 0 Å². The maximum atomic E-state index is 12.1. The summed E-state index contributed by atoms with van der Waals surface area (Å²) >= 11 is 0. The molecule has 104 valence electrons. The van der Waals surface area contributed by atoms with Gasteiger partial charge in [-0.3, -0.25) is 9.69 Å². The minimum absolute atomic E-state index is 0.0477. The lowest BCUT2D eigenvalue weighted by molar-refractivity contribution is -0.119. The Labute approximate surface area is 114 Å². The molecule has 0 bridgehead atoms. The maximum absolute atomic E-state index is 12.1. The van der Waals surface area contributed by atoms with E-state index in [0.29, 0.717) is 13.2 Å². The molecule has 0 aliphatic carbocycles. The van der Waals surface area contributed by atoms with E-state index in [4.69, 9.17) is 4.74 Å². The number of amides is 1. The van der Waals surface area contributed by atoms with Crippen LogP contribution in [0.1, 0.15) is 18.1 Å². The first kappa shape index (κ1) is 14.0. The number of carbonyl (C=O) groups is 1. The second-order valence-electron chi connectivity index (χ2n) is 5.23. The zero-order valence-corrected chi connectivity index (χ0v) is 11.9. The Balaban J connectivity index is 1.94. The summed E-state index contributed by atoms with van der Waals surface area (Å²) in [4.78, 5) is 14.2. The van der Waals surface area contributed by atoms with Gasteiger partial charge in [-0.05, 0) is 31.9 Å². The van der Waals surface area contributed by atoms with E-state index in [1.54, 1.807) is 0 Å². The van der Waals surface area contributed by atoms with E-state index in [2.05, 4.69) is 10.2 Å². The molecule has 1 aromatic rings. The van der Waals surface area contributed by atoms with Crippen molar-refractivity contribution in [1.82, 2.24) is 4.90 Å². The van der Waals surface area contributed by atoms with Crippen LogP contribution in [0.5, 0.6) is 0 Å². The van der Waals surface area contributed by atoms with Gasteiger partial charge in [-0.15, -0.1) is 0 Å². The van der Waals surface area contributed by atoms with E-state index in [9.17, 15) is 4.79 Å². The second-order valence-corrected chi connectivity index (χ2v) is 5.23. The van der Waals surface area contributed by atoms with Gasteiger partial charge in [0.05, 0.1) is 19.3 Å². The third-order valence-electron chi connectivity index (χ3n) is 3.44. The van der Waals surface area contributed by atoms with Crippen molar-refractivity contribution < 1.29 is 9.53 Å². The summed E-state index contributed by atoms with van der Waals surface area (Å²) in [5.74, 6) is 0.0477. The Bertz CT molecular complexity index is 439. The van der Waals surface area contributed by atoms with Crippen LogP contribution in [0.4, 0.5) is 5.69 Å². The molecule has 19 heavy (non-hydrogen) atoms. The van der Waals surface area contributed by atoms with Gasteiger partial charge in [-0.2, -0.15) is 0 Å². The number of hydrogen-bond donors (Lipinski definition) is 1. The van der Waals surface area contributed by atoms with Crippen LogP contribution in [0.3, 0.4) is 0 Å². The first-order valence-corrected chi connectivity index (χ1v) is 6.76. The van der Waals surface area contributed by atoms with Gasteiger partial charge in [0.25, 0.3) is 0 Å². The van der Waals surface area contributed by atoms with Crippen molar-refractivity contribution in [2.45, 2.75) is 26.9 Å². The molecule has 1 amide bonds. The second kappa shape index (κ2) is 6.17. The van der Waals surface area contributed by atoms with Crippen molar-refractivity contribution in [3.8, 4) is 0 Å². The number of para-hydroxylation sites is 1. The fourth-order valence-corrected chi connectivity index (χ4v) is 2.43. The fourth-order valence-electron chi connectivity index (χ4n) is 2.43. The Morgan fingerprint density at radius 3 is 2.74 bits per heavy atom. The molecule has 4 heteroatoms. The number of anilines is 1. The van der Waals surface area contributed by atoms with Crippen LogP contribution < -0.4 is 5.32 Å². The molecular weight excluding hydrogens is 240 g/mol. The summed E-state index contributed by atoms with van der Waals surface area (Å²) in [7, 11) is 0. The molecule has 1 aliphatic heterocycles. The van der Waals surface area contributed by atoms with Gasteiger partial charge in [0.15, 0.2) is 0 Å². The minimum Gasteiger partial charge on any atom is -0.376 e. The van der Waals surface area contributed by atoms with Gasteiger partial charge < -0.3 is 10.1 Å². The number of nitrogens with zero attached hydrogens (tertiary/aromatic N) is 1. The van der Waals surface area contributed by atoms with Crippen LogP contribution in [0.25, 0.3) is 0 Å². The minimum atomic E-state index is 0.0477. The monoisotopic (exact) mass is 262 g/mol. The normalized spacial score (nSPS) is 20.3. The van der Waals surface area contributed by atoms with Gasteiger partial charge in [0, 0.05) is 18.8 Å². The molecule has 1 saturated heterocycles. The molecule has 1 fully saturated rings. The van der Waals surface area contributed by atoms with Crippen LogP contribution in [-0.2, 0) is 9.53 Å². The standard InChI is InChI=1S/C15H22N2O2/c1-11-5-4-6-12(2)15(11)16-14(18)10-17-7-8-19-13(3)9-17/h4-6,13H,7-10H2,1-3H3,(H,16,18)/t13-/m0/s1. The van der Waals surface area contributed by atoms with Crippen LogP contribution in [0, 0.1) is 13.8 Å². The highest BCUT2D eigenvalue weighted by molar-refractivity contribution is 5.93. The molecule has 1 N–H and O–H groups in total. The SMILES string of the molecule is Cc1cccc(C)c1NC(=O)CN1CCO[C@@H](C)C1. The van der Waals surface area contributed by atoms with E-state index >= 15 is 0 Å². The largest absolute Gasteiger partial charge is 0.376 e. The van der Waals surface area contributed by atoms with E-state index in [0.717, 1.165) is 29.9 Å². The Hall–Kier alpha value is -1.39. The lowest BCUT2D eigenvalue weighted by atomic mass is 10.1. The third-order valence-corrected chi connectivity index (χ3v) is 3.44. The van der Waals surface area contributed by atoms with Crippen molar-refractivity contribution in [3.63, 3.8) is 0 Å². The first-order chi connectivity index (χ1) is 9.06. The molecule has 4 nitrogen and oxygen atoms in total. The molecule has 0 aromatic heterocycles. The van der Waals surface area contributed by atoms with Crippen molar-refractivity contribution in [2.75, 3.05) is 31.6 Å². The zero-order chi connectivity index (χ0) is 13.8. The Kier molecular flexibility index (Phi) is 4.56. The summed E-state index contributed by atoms with van der Waals surface area (Å²) in [5.41, 5.74) is 3.14. The third kappa shape index (κ3) is 3.78. The summed E-state index contributed by atoms with van der Waals surface area (Å²) in [5, 5.41) is 3.02. The highest BCUT2D eigenvalue weighted by Crippen LogP contribution is 2.19. The Morgan fingerprint density at radius 1 is 1.42 bits per heavy atom. The molecule has 0 spiro atoms. The molecule has 0 saturated carbocycles. The number of hydrogen-bond acceptors (Lipinski definition) is 3. The first-order valence-electron chi connectivity index (χ1n) is 6.76. The predicted octanol–water partition coefficient (Wildman–Crippen LogP) is 1.96. The molecule has 0 radical (unpaired) electrons. The molecule has 1 heterocycles. The summed E-state index contributed by atoms with van der Waals surface area (Å²) in [6.45, 7) is 8.85. The van der Waals surface area contributed by atoms with Gasteiger partial charge in [-0.25, -0.2) is 0 Å². The molecule has 1 aromatic carbocycles. The van der Waals surface area contributed by atoms with Crippen molar-refractivity contribution in [3.05, 3.63) is 29.3 Å². The number of nitrogens with one attached hydrogen (secondary N) is 1. The molecule has 1 atom stereocenters. The fraction of sp³-hybridized carbons (Fsp3) is 0.533. The van der Waals surface area contributed by atoms with Crippen molar-refractivity contribution in [2.24, 2.45) is 0 Å². The van der Waals surface area contributed by atoms with Crippen LogP contribution in [-0.4, -0.2) is 43.2 Å². The number of benzene rings is 1. The van der Waals surface area contributed by atoms with E-state index in [1.165, 1.54) is 0 Å². The average molecular weight is 262 g/mol. The van der Waals surface area contributed by atoms with Crippen molar-refractivity contribution >= 4 is 11.6 Å². The molecule has 0 unspecified atom stereocenters. The number of morpholine rings is 1. The van der Waals surface area contributed by atoms with Gasteiger partial charge in [-0.1, -0.05) is 18.2 Å². The van der Waals surface area contributed by atoms with Gasteiger partial charge in [0.1, 0.15) is 0 Å². The van der Waals surface area contributed by atoms with E-state index in [1.807, 2.05) is 39.0 Å². The Morgan fingerprint density at radius 2 is 2.11 bits per heavy atom. The molecular formula is C15H22N2O2. The predicted molar refractivity (Wildman–Crippen MR) is 76.4 cm³/mol. The maximum Gasteiger partial charge on any atom is 0.238 e. The quantitative estimate of drug-likeness (QED) is 0.905. The van der Waals surface area contributed by atoms with Crippen LogP contribution in [0.2, 0.25) is 0 Å². The van der Waals surface area contributed by atoms with Crippen molar-refractivity contribution in [1.29, 1.82) is 0 Å². The van der Waals surface area contributed by atoms with E-state index < -0.39 is 0 Å². The van der Waals surface area contributed by atoms with Gasteiger partial charge >= 0.3 is 0 Å². The molecule has 2 rings (SSSR count). The lowest BCUT2D eigenvalue weighted by Crippen LogP contribution is -2.44. The molecule has 1 aliphatic rings. The van der Waals surface area contributed by atoms with Gasteiger partial charge in [0.2, 0.25) is 5.91 Å². The lowest BCUT2D eigenvalue weighted by Gasteiger charge is -2.30. The highest BCUT2D eigenvalue weighted by atomic mass is 16.5. The van der Waals surface area contributed by atoms with E-state index in [-0.39, 0.29) is 12.0 Å². The van der Waals surface area contributed by atoms with Crippen LogP contribution in [0.15, 0.2) is 18.2 Å². The number of carbonyl (C=O) groups excluding carboxylic acids is 1. The number of aryl methyl sites for hydroxylation is 2. The topological polar surface area (TPSA) is 41.6 Å². The number of ether oxygens (including phenoxy) is 1. The number of rotatable bonds is 3. The summed E-state index contributed by atoms with van der Waals surface area (Å²) in [6, 6.07) is 6.03. The summed E-state index contributed by atoms with van der Waals surface area (Å²) < 4.78 is 5.47.